The minimum absolute atomic E-state index is 0.0210. The van der Waals surface area contributed by atoms with Crippen LogP contribution in [0.15, 0.2) is 48.7 Å². The average molecular weight is 367 g/mol. The molecular weight excluding hydrogens is 349 g/mol. The maximum Gasteiger partial charge on any atom is 0.274 e. The Kier molecular flexibility index (Phi) is 4.93. The van der Waals surface area contributed by atoms with E-state index in [-0.39, 0.29) is 5.69 Å². The van der Waals surface area contributed by atoms with E-state index in [1.165, 1.54) is 18.2 Å². The van der Waals surface area contributed by atoms with Gasteiger partial charge in [0.2, 0.25) is 11.8 Å². The SMILES string of the molecule is O=C(Nc1ccc2c(OCC3CCOC3)nccc2c1)c1cccc(F)n1. The van der Waals surface area contributed by atoms with Gasteiger partial charge in [-0.05, 0) is 48.2 Å². The number of aromatic nitrogens is 2. The summed E-state index contributed by atoms with van der Waals surface area (Å²) >= 11 is 0. The molecule has 1 aromatic carbocycles. The number of amides is 1. The number of hydrogen-bond acceptors (Lipinski definition) is 5. The van der Waals surface area contributed by atoms with Crippen molar-refractivity contribution >= 4 is 22.4 Å². The van der Waals surface area contributed by atoms with Gasteiger partial charge < -0.3 is 14.8 Å². The lowest BCUT2D eigenvalue weighted by atomic mass is 10.1. The Balaban J connectivity index is 1.51. The van der Waals surface area contributed by atoms with Crippen LogP contribution in [-0.2, 0) is 4.74 Å². The summed E-state index contributed by atoms with van der Waals surface area (Å²) in [6.07, 6.45) is 2.66. The summed E-state index contributed by atoms with van der Waals surface area (Å²) in [7, 11) is 0. The Bertz CT molecular complexity index is 974. The zero-order valence-corrected chi connectivity index (χ0v) is 14.5. The van der Waals surface area contributed by atoms with E-state index in [4.69, 9.17) is 9.47 Å². The second-order valence-electron chi connectivity index (χ2n) is 6.39. The van der Waals surface area contributed by atoms with Gasteiger partial charge in [0.05, 0.1) is 13.2 Å². The molecule has 1 aliphatic rings. The van der Waals surface area contributed by atoms with Gasteiger partial charge in [-0.2, -0.15) is 4.39 Å². The first kappa shape index (κ1) is 17.4. The number of nitrogens with zero attached hydrogens (tertiary/aromatic N) is 2. The van der Waals surface area contributed by atoms with Crippen LogP contribution in [0.4, 0.5) is 10.1 Å². The van der Waals surface area contributed by atoms with Crippen LogP contribution in [0.25, 0.3) is 10.8 Å². The molecule has 0 bridgehead atoms. The predicted molar refractivity (Wildman–Crippen MR) is 98.3 cm³/mol. The molecule has 1 fully saturated rings. The van der Waals surface area contributed by atoms with Crippen molar-refractivity contribution in [2.45, 2.75) is 6.42 Å². The van der Waals surface area contributed by atoms with E-state index in [0.29, 0.717) is 24.1 Å². The number of carbonyl (C=O) groups excluding carboxylic acids is 1. The summed E-state index contributed by atoms with van der Waals surface area (Å²) in [6.45, 7) is 2.06. The highest BCUT2D eigenvalue weighted by atomic mass is 19.1. The normalized spacial score (nSPS) is 16.4. The molecule has 1 unspecified atom stereocenters. The molecule has 4 rings (SSSR count). The van der Waals surface area contributed by atoms with Crippen LogP contribution in [0.1, 0.15) is 16.9 Å². The lowest BCUT2D eigenvalue weighted by molar-refractivity contribution is 0.102. The van der Waals surface area contributed by atoms with Crippen molar-refractivity contribution in [1.29, 1.82) is 0 Å². The van der Waals surface area contributed by atoms with Gasteiger partial charge in [0.25, 0.3) is 5.91 Å². The van der Waals surface area contributed by atoms with Gasteiger partial charge in [0.1, 0.15) is 5.69 Å². The number of benzene rings is 1. The first-order valence-electron chi connectivity index (χ1n) is 8.72. The molecule has 0 radical (unpaired) electrons. The number of ether oxygens (including phenoxy) is 2. The smallest absolute Gasteiger partial charge is 0.274 e. The molecule has 1 amide bonds. The van der Waals surface area contributed by atoms with E-state index in [2.05, 4.69) is 15.3 Å². The molecule has 0 spiro atoms. The lowest BCUT2D eigenvalue weighted by Crippen LogP contribution is -2.14. The summed E-state index contributed by atoms with van der Waals surface area (Å²) in [5.41, 5.74) is 0.604. The average Bonchev–Trinajstić information content (AvgIpc) is 3.19. The van der Waals surface area contributed by atoms with E-state index in [9.17, 15) is 9.18 Å². The predicted octanol–water partition coefficient (Wildman–Crippen LogP) is 3.44. The van der Waals surface area contributed by atoms with Crippen LogP contribution in [0.3, 0.4) is 0 Å². The van der Waals surface area contributed by atoms with Crippen molar-refractivity contribution in [3.8, 4) is 5.88 Å². The van der Waals surface area contributed by atoms with E-state index < -0.39 is 11.9 Å². The number of hydrogen-bond donors (Lipinski definition) is 1. The molecule has 0 aliphatic carbocycles. The van der Waals surface area contributed by atoms with Crippen LogP contribution < -0.4 is 10.1 Å². The summed E-state index contributed by atoms with van der Waals surface area (Å²) in [4.78, 5) is 20.1. The summed E-state index contributed by atoms with van der Waals surface area (Å²) in [5.74, 6) is -0.217. The molecule has 138 valence electrons. The zero-order chi connectivity index (χ0) is 18.6. The Morgan fingerprint density at radius 1 is 1.30 bits per heavy atom. The van der Waals surface area contributed by atoms with E-state index in [0.717, 1.165) is 30.4 Å². The number of nitrogens with one attached hydrogen (secondary N) is 1. The van der Waals surface area contributed by atoms with Crippen LogP contribution >= 0.6 is 0 Å². The van der Waals surface area contributed by atoms with Crippen molar-refractivity contribution in [3.63, 3.8) is 0 Å². The van der Waals surface area contributed by atoms with Gasteiger partial charge in [-0.25, -0.2) is 9.97 Å². The number of fused-ring (bicyclic) bond motifs is 1. The Morgan fingerprint density at radius 3 is 3.04 bits per heavy atom. The number of carbonyl (C=O) groups is 1. The number of halogens is 1. The van der Waals surface area contributed by atoms with E-state index in [1.54, 1.807) is 12.3 Å². The van der Waals surface area contributed by atoms with Gasteiger partial charge in [0.15, 0.2) is 0 Å². The highest BCUT2D eigenvalue weighted by molar-refractivity contribution is 6.04. The highest BCUT2D eigenvalue weighted by Crippen LogP contribution is 2.27. The fourth-order valence-electron chi connectivity index (χ4n) is 2.98. The molecule has 7 heteroatoms. The quantitative estimate of drug-likeness (QED) is 0.700. The molecule has 2 aromatic heterocycles. The van der Waals surface area contributed by atoms with Crippen molar-refractivity contribution in [2.75, 3.05) is 25.1 Å². The molecule has 0 saturated carbocycles. The van der Waals surface area contributed by atoms with Crippen molar-refractivity contribution < 1.29 is 18.7 Å². The van der Waals surface area contributed by atoms with Gasteiger partial charge in [0, 0.05) is 29.8 Å². The van der Waals surface area contributed by atoms with E-state index in [1.807, 2.05) is 18.2 Å². The maximum absolute atomic E-state index is 13.2. The van der Waals surface area contributed by atoms with Crippen molar-refractivity contribution in [2.24, 2.45) is 5.92 Å². The molecule has 1 saturated heterocycles. The fourth-order valence-corrected chi connectivity index (χ4v) is 2.98. The monoisotopic (exact) mass is 367 g/mol. The molecule has 1 atom stereocenters. The topological polar surface area (TPSA) is 73.3 Å². The Morgan fingerprint density at radius 2 is 2.22 bits per heavy atom. The number of pyridine rings is 2. The first-order valence-corrected chi connectivity index (χ1v) is 8.72. The lowest BCUT2D eigenvalue weighted by Gasteiger charge is -2.12. The molecule has 3 aromatic rings. The standard InChI is InChI=1S/C20H18FN3O3/c21-18-3-1-2-17(24-18)19(25)23-15-4-5-16-14(10-15)6-8-22-20(16)27-12-13-7-9-26-11-13/h1-6,8,10,13H,7,9,11-12H2,(H,23,25). The van der Waals surface area contributed by atoms with Crippen LogP contribution in [0, 0.1) is 11.9 Å². The minimum Gasteiger partial charge on any atom is -0.477 e. The maximum atomic E-state index is 13.2. The van der Waals surface area contributed by atoms with E-state index >= 15 is 0 Å². The van der Waals surface area contributed by atoms with Crippen LogP contribution in [0.2, 0.25) is 0 Å². The van der Waals surface area contributed by atoms with Crippen molar-refractivity contribution in [1.82, 2.24) is 9.97 Å². The van der Waals surface area contributed by atoms with Crippen LogP contribution in [-0.4, -0.2) is 35.7 Å². The molecular formula is C20H18FN3O3. The van der Waals surface area contributed by atoms with Gasteiger partial charge in [-0.15, -0.1) is 0 Å². The number of anilines is 1. The van der Waals surface area contributed by atoms with Gasteiger partial charge >= 0.3 is 0 Å². The van der Waals surface area contributed by atoms with Gasteiger partial charge in [-0.3, -0.25) is 4.79 Å². The Hall–Kier alpha value is -3.06. The second kappa shape index (κ2) is 7.67. The molecule has 1 aliphatic heterocycles. The largest absolute Gasteiger partial charge is 0.477 e. The first-order chi connectivity index (χ1) is 13.2. The summed E-state index contributed by atoms with van der Waals surface area (Å²) < 4.78 is 24.4. The third-order valence-electron chi connectivity index (χ3n) is 4.41. The summed E-state index contributed by atoms with van der Waals surface area (Å²) in [5, 5.41) is 4.47. The van der Waals surface area contributed by atoms with Gasteiger partial charge in [-0.1, -0.05) is 6.07 Å². The third kappa shape index (κ3) is 4.03. The molecule has 27 heavy (non-hydrogen) atoms. The molecule has 6 nitrogen and oxygen atoms in total. The second-order valence-corrected chi connectivity index (χ2v) is 6.39. The number of rotatable bonds is 5. The third-order valence-corrected chi connectivity index (χ3v) is 4.41. The highest BCUT2D eigenvalue weighted by Gasteiger charge is 2.17. The van der Waals surface area contributed by atoms with Crippen molar-refractivity contribution in [3.05, 3.63) is 60.3 Å². The molecule has 1 N–H and O–H groups in total. The summed E-state index contributed by atoms with van der Waals surface area (Å²) in [6, 6.07) is 11.4. The Labute approximate surface area is 155 Å². The minimum atomic E-state index is -0.693. The zero-order valence-electron chi connectivity index (χ0n) is 14.5. The van der Waals surface area contributed by atoms with Crippen LogP contribution in [0.5, 0.6) is 5.88 Å². The fraction of sp³-hybridized carbons (Fsp3) is 0.250. The molecule has 3 heterocycles.